The Labute approximate surface area is 94.4 Å². The van der Waals surface area contributed by atoms with Gasteiger partial charge in [0.2, 0.25) is 5.91 Å². The molecule has 0 aliphatic carbocycles. The number of carbonyl (C=O) groups is 1. The highest BCUT2D eigenvalue weighted by atomic mass is 35.5. The van der Waals surface area contributed by atoms with E-state index in [1.54, 1.807) is 0 Å². The topological polar surface area (TPSA) is 57.8 Å². The highest BCUT2D eigenvalue weighted by Crippen LogP contribution is 2.19. The number of hydrogen-bond donors (Lipinski definition) is 2. The molecule has 0 aliphatic heterocycles. The first kappa shape index (κ1) is 12.0. The number of rotatable bonds is 3. The lowest BCUT2D eigenvalue weighted by Crippen LogP contribution is -2.23. The van der Waals surface area contributed by atoms with Gasteiger partial charge in [-0.3, -0.25) is 9.89 Å². The van der Waals surface area contributed by atoms with Crippen LogP contribution in [0.4, 0.5) is 0 Å². The number of hydrogen-bond acceptors (Lipinski definition) is 2. The monoisotopic (exact) mass is 229 g/mol. The van der Waals surface area contributed by atoms with Crippen LogP contribution in [0.15, 0.2) is 6.07 Å². The van der Waals surface area contributed by atoms with Gasteiger partial charge in [0.25, 0.3) is 0 Å². The van der Waals surface area contributed by atoms with Gasteiger partial charge in [0.15, 0.2) is 0 Å². The summed E-state index contributed by atoms with van der Waals surface area (Å²) in [5.41, 5.74) is 1.89. The van der Waals surface area contributed by atoms with Crippen molar-refractivity contribution >= 4 is 17.5 Å². The molecule has 0 saturated carbocycles. The number of halogens is 1. The number of aromatic nitrogens is 2. The predicted molar refractivity (Wildman–Crippen MR) is 59.9 cm³/mol. The van der Waals surface area contributed by atoms with Crippen molar-refractivity contribution in [3.05, 3.63) is 17.5 Å². The largest absolute Gasteiger partial charge is 0.349 e. The van der Waals surface area contributed by atoms with E-state index >= 15 is 0 Å². The van der Waals surface area contributed by atoms with E-state index in [1.165, 1.54) is 0 Å². The molecule has 2 N–H and O–H groups in total. The number of carbonyl (C=O) groups excluding carboxylic acids is 1. The van der Waals surface area contributed by atoms with Gasteiger partial charge in [0.1, 0.15) is 5.88 Å². The fraction of sp³-hybridized carbons (Fsp3) is 0.600. The van der Waals surface area contributed by atoms with Gasteiger partial charge in [0, 0.05) is 5.41 Å². The molecule has 84 valence electrons. The summed E-state index contributed by atoms with van der Waals surface area (Å²) < 4.78 is 0. The number of aromatic amines is 1. The van der Waals surface area contributed by atoms with Crippen molar-refractivity contribution in [2.45, 2.75) is 32.7 Å². The first-order valence-corrected chi connectivity index (χ1v) is 5.34. The van der Waals surface area contributed by atoms with E-state index in [0.717, 1.165) is 11.4 Å². The highest BCUT2D eigenvalue weighted by molar-refractivity contribution is 6.27. The molecule has 0 spiro atoms. The zero-order chi connectivity index (χ0) is 11.5. The molecule has 1 aromatic heterocycles. The summed E-state index contributed by atoms with van der Waals surface area (Å²) in [5.74, 6) is -0.191. The van der Waals surface area contributed by atoms with Crippen molar-refractivity contribution in [2.24, 2.45) is 0 Å². The molecule has 1 heterocycles. The van der Waals surface area contributed by atoms with Gasteiger partial charge < -0.3 is 5.32 Å². The molecule has 1 amide bonds. The number of alkyl halides is 1. The van der Waals surface area contributed by atoms with E-state index in [0.29, 0.717) is 6.54 Å². The number of nitrogens with one attached hydrogen (secondary N) is 2. The number of nitrogens with zero attached hydrogens (tertiary/aromatic N) is 1. The lowest BCUT2D eigenvalue weighted by molar-refractivity contribution is -0.118. The molecule has 0 bridgehead atoms. The van der Waals surface area contributed by atoms with Crippen molar-refractivity contribution in [3.63, 3.8) is 0 Å². The first-order valence-electron chi connectivity index (χ1n) is 4.81. The maximum absolute atomic E-state index is 10.9. The summed E-state index contributed by atoms with van der Waals surface area (Å²) >= 11 is 5.36. The van der Waals surface area contributed by atoms with E-state index < -0.39 is 0 Å². The third kappa shape index (κ3) is 3.55. The van der Waals surface area contributed by atoms with E-state index in [9.17, 15) is 4.79 Å². The smallest absolute Gasteiger partial charge is 0.235 e. The summed E-state index contributed by atoms with van der Waals surface area (Å²) in [5, 5.41) is 9.74. The second kappa shape index (κ2) is 4.66. The number of H-pyrrole nitrogens is 1. The average Bonchev–Trinajstić information content (AvgIpc) is 2.61. The van der Waals surface area contributed by atoms with E-state index in [4.69, 9.17) is 11.6 Å². The Kier molecular flexibility index (Phi) is 3.74. The Bertz CT molecular complexity index is 341. The summed E-state index contributed by atoms with van der Waals surface area (Å²) in [6.45, 7) is 6.70. The Hall–Kier alpha value is -1.03. The average molecular weight is 230 g/mol. The van der Waals surface area contributed by atoms with Gasteiger partial charge in [-0.2, -0.15) is 5.10 Å². The van der Waals surface area contributed by atoms with Crippen LogP contribution in [0.3, 0.4) is 0 Å². The molecule has 0 aliphatic rings. The molecule has 0 fully saturated rings. The second-order valence-electron chi connectivity index (χ2n) is 4.44. The summed E-state index contributed by atoms with van der Waals surface area (Å²) in [7, 11) is 0. The third-order valence-electron chi connectivity index (χ3n) is 2.00. The SMILES string of the molecule is CC(C)(C)c1cc(CNC(=O)CCl)[nH]n1. The van der Waals surface area contributed by atoms with Crippen molar-refractivity contribution in [1.82, 2.24) is 15.5 Å². The van der Waals surface area contributed by atoms with Crippen LogP contribution >= 0.6 is 11.6 Å². The van der Waals surface area contributed by atoms with Gasteiger partial charge >= 0.3 is 0 Å². The van der Waals surface area contributed by atoms with Gasteiger partial charge in [-0.15, -0.1) is 11.6 Å². The molecule has 15 heavy (non-hydrogen) atoms. The second-order valence-corrected chi connectivity index (χ2v) is 4.71. The Balaban J connectivity index is 2.58. The lowest BCUT2D eigenvalue weighted by Gasteiger charge is -2.13. The van der Waals surface area contributed by atoms with E-state index in [2.05, 4.69) is 36.3 Å². The van der Waals surface area contributed by atoms with Crippen LogP contribution in [0.5, 0.6) is 0 Å². The third-order valence-corrected chi connectivity index (χ3v) is 2.24. The Morgan fingerprint density at radius 3 is 2.73 bits per heavy atom. The van der Waals surface area contributed by atoms with Crippen LogP contribution in [0.2, 0.25) is 0 Å². The molecule has 0 unspecified atom stereocenters. The minimum absolute atomic E-state index is 0.0136. The van der Waals surface area contributed by atoms with Gasteiger partial charge in [-0.25, -0.2) is 0 Å². The fourth-order valence-corrected chi connectivity index (χ4v) is 1.17. The summed E-state index contributed by atoms with van der Waals surface area (Å²) in [6.07, 6.45) is 0. The van der Waals surface area contributed by atoms with Crippen molar-refractivity contribution in [1.29, 1.82) is 0 Å². The van der Waals surface area contributed by atoms with Gasteiger partial charge in [0.05, 0.1) is 17.9 Å². The minimum Gasteiger partial charge on any atom is -0.349 e. The van der Waals surface area contributed by atoms with Crippen molar-refractivity contribution in [2.75, 3.05) is 5.88 Å². The molecular weight excluding hydrogens is 214 g/mol. The zero-order valence-corrected chi connectivity index (χ0v) is 9.98. The predicted octanol–water partition coefficient (Wildman–Crippen LogP) is 1.56. The van der Waals surface area contributed by atoms with Crippen LogP contribution in [-0.4, -0.2) is 22.0 Å². The van der Waals surface area contributed by atoms with Gasteiger partial charge in [-0.05, 0) is 6.07 Å². The van der Waals surface area contributed by atoms with Crippen molar-refractivity contribution in [3.8, 4) is 0 Å². The van der Waals surface area contributed by atoms with E-state index in [-0.39, 0.29) is 17.2 Å². The zero-order valence-electron chi connectivity index (χ0n) is 9.22. The molecule has 5 heteroatoms. The standard InChI is InChI=1S/C10H16ClN3O/c1-10(2,3)8-4-7(13-14-8)6-12-9(15)5-11/h4H,5-6H2,1-3H3,(H,12,15)(H,13,14). The molecule has 0 atom stereocenters. The van der Waals surface area contributed by atoms with Crippen LogP contribution in [-0.2, 0) is 16.8 Å². The Morgan fingerprint density at radius 1 is 1.60 bits per heavy atom. The van der Waals surface area contributed by atoms with Crippen LogP contribution in [0.25, 0.3) is 0 Å². The quantitative estimate of drug-likeness (QED) is 0.773. The normalized spacial score (nSPS) is 11.5. The molecule has 4 nitrogen and oxygen atoms in total. The fourth-order valence-electron chi connectivity index (χ4n) is 1.08. The van der Waals surface area contributed by atoms with E-state index in [1.807, 2.05) is 6.07 Å². The number of amides is 1. The van der Waals surface area contributed by atoms with Crippen LogP contribution < -0.4 is 5.32 Å². The lowest BCUT2D eigenvalue weighted by atomic mass is 9.92. The maximum Gasteiger partial charge on any atom is 0.235 e. The highest BCUT2D eigenvalue weighted by Gasteiger charge is 2.17. The molecule has 1 aromatic rings. The summed E-state index contributed by atoms with van der Waals surface area (Å²) in [4.78, 5) is 10.9. The Morgan fingerprint density at radius 2 is 2.27 bits per heavy atom. The molecule has 1 rings (SSSR count). The minimum atomic E-state index is -0.177. The van der Waals surface area contributed by atoms with Crippen LogP contribution in [0, 0.1) is 0 Å². The molecular formula is C10H16ClN3O. The molecule has 0 aromatic carbocycles. The first-order chi connectivity index (χ1) is 6.93. The van der Waals surface area contributed by atoms with Crippen LogP contribution in [0.1, 0.15) is 32.2 Å². The van der Waals surface area contributed by atoms with Gasteiger partial charge in [-0.1, -0.05) is 20.8 Å². The molecule has 0 saturated heterocycles. The van der Waals surface area contributed by atoms with Crippen molar-refractivity contribution < 1.29 is 4.79 Å². The maximum atomic E-state index is 10.9. The molecule has 0 radical (unpaired) electrons. The summed E-state index contributed by atoms with van der Waals surface area (Å²) in [6, 6.07) is 1.95.